The predicted octanol–water partition coefficient (Wildman–Crippen LogP) is 4.07. The third kappa shape index (κ3) is 4.30. The normalized spacial score (nSPS) is 24.4. The number of sulfonamides is 1. The molecule has 3 heterocycles. The quantitative estimate of drug-likeness (QED) is 0.557. The highest BCUT2D eigenvalue weighted by molar-refractivity contribution is 7.89. The molecule has 0 saturated carbocycles. The molecule has 0 radical (unpaired) electrons. The summed E-state index contributed by atoms with van der Waals surface area (Å²) in [5, 5.41) is 0.955. The zero-order valence-corrected chi connectivity index (χ0v) is 20.3. The van der Waals surface area contributed by atoms with Crippen LogP contribution in [0.2, 0.25) is 0 Å². The lowest BCUT2D eigenvalue weighted by Gasteiger charge is -2.34. The van der Waals surface area contributed by atoms with Crippen LogP contribution in [0.4, 0.5) is 0 Å². The van der Waals surface area contributed by atoms with Crippen LogP contribution in [-0.4, -0.2) is 60.4 Å². The highest BCUT2D eigenvalue weighted by atomic mass is 32.2. The Balaban J connectivity index is 1.36. The van der Waals surface area contributed by atoms with Crippen molar-refractivity contribution in [3.63, 3.8) is 0 Å². The molecule has 0 aliphatic carbocycles. The first-order chi connectivity index (χ1) is 15.8. The van der Waals surface area contributed by atoms with E-state index in [1.165, 1.54) is 16.4 Å². The average molecular weight is 486 g/mol. The lowest BCUT2D eigenvalue weighted by atomic mass is 10.1. The summed E-state index contributed by atoms with van der Waals surface area (Å²) in [4.78, 5) is 20.1. The van der Waals surface area contributed by atoms with Crippen LogP contribution in [0.5, 0.6) is 0 Å². The Hall–Kier alpha value is -2.33. The Bertz CT molecular complexity index is 1230. The lowest BCUT2D eigenvalue weighted by molar-refractivity contribution is -0.0440. The number of rotatable bonds is 4. The number of para-hydroxylation sites is 1. The van der Waals surface area contributed by atoms with Crippen molar-refractivity contribution in [3.05, 3.63) is 59.1 Å². The summed E-state index contributed by atoms with van der Waals surface area (Å²) in [7, 11) is -3.64. The Kier molecular flexibility index (Phi) is 5.98. The largest absolute Gasteiger partial charge is 0.373 e. The minimum Gasteiger partial charge on any atom is -0.373 e. The third-order valence-electron chi connectivity index (χ3n) is 6.23. The van der Waals surface area contributed by atoms with Crippen molar-refractivity contribution < 1.29 is 17.9 Å². The Morgan fingerprint density at radius 2 is 1.76 bits per heavy atom. The molecular weight excluding hydrogens is 458 g/mol. The van der Waals surface area contributed by atoms with Gasteiger partial charge in [-0.15, -0.1) is 11.3 Å². The van der Waals surface area contributed by atoms with E-state index >= 15 is 0 Å². The molecule has 33 heavy (non-hydrogen) atoms. The van der Waals surface area contributed by atoms with Crippen LogP contribution in [0.3, 0.4) is 0 Å². The van der Waals surface area contributed by atoms with Crippen LogP contribution in [-0.2, 0) is 14.8 Å². The molecule has 3 aromatic rings. The zero-order valence-electron chi connectivity index (χ0n) is 18.7. The number of aromatic nitrogens is 1. The number of amides is 1. The van der Waals surface area contributed by atoms with E-state index < -0.39 is 10.0 Å². The number of hydrogen-bond donors (Lipinski definition) is 0. The number of carbonyl (C=O) groups excluding carboxylic acids is 1. The molecule has 1 aromatic heterocycles. The van der Waals surface area contributed by atoms with E-state index in [0.29, 0.717) is 25.2 Å². The van der Waals surface area contributed by atoms with Crippen molar-refractivity contribution in [2.45, 2.75) is 49.8 Å². The second-order valence-corrected chi connectivity index (χ2v) is 11.8. The fourth-order valence-electron chi connectivity index (χ4n) is 4.71. The highest BCUT2D eigenvalue weighted by Gasteiger charge is 2.34. The molecule has 2 saturated heterocycles. The van der Waals surface area contributed by atoms with Gasteiger partial charge in [-0.1, -0.05) is 12.1 Å². The number of ether oxygens (including phenoxy) is 1. The van der Waals surface area contributed by atoms with E-state index in [2.05, 4.69) is 0 Å². The van der Waals surface area contributed by atoms with Crippen LogP contribution in [0.25, 0.3) is 10.2 Å². The molecule has 2 aliphatic rings. The second kappa shape index (κ2) is 8.79. The molecule has 2 aliphatic heterocycles. The molecule has 5 rings (SSSR count). The van der Waals surface area contributed by atoms with Crippen molar-refractivity contribution in [2.75, 3.05) is 19.6 Å². The van der Waals surface area contributed by atoms with Gasteiger partial charge in [-0.2, -0.15) is 4.31 Å². The van der Waals surface area contributed by atoms with Crippen molar-refractivity contribution in [1.82, 2.24) is 14.2 Å². The van der Waals surface area contributed by atoms with Gasteiger partial charge in [0.2, 0.25) is 10.0 Å². The van der Waals surface area contributed by atoms with E-state index in [1.54, 1.807) is 23.5 Å². The number of thiazole rings is 1. The summed E-state index contributed by atoms with van der Waals surface area (Å²) >= 11 is 1.63. The smallest absolute Gasteiger partial charge is 0.254 e. The van der Waals surface area contributed by atoms with Crippen LogP contribution in [0, 0.1) is 0 Å². The van der Waals surface area contributed by atoms with Crippen LogP contribution >= 0.6 is 11.3 Å². The fraction of sp³-hybridized carbons (Fsp3) is 0.417. The van der Waals surface area contributed by atoms with Crippen molar-refractivity contribution >= 4 is 37.5 Å². The first-order valence-corrected chi connectivity index (χ1v) is 13.5. The standard InChI is InChI=1S/C24H27N3O4S2/c1-16-14-26(15-17(2)31-16)33(29,30)19-11-9-18(10-12-19)24(28)27-13-5-7-21(27)23-25-20-6-3-4-8-22(20)32-23/h3-4,6,8-12,16-17,21H,5,7,13-15H2,1-2H3/t16-,17+,21-/m0/s1. The number of morpholine rings is 1. The van der Waals surface area contributed by atoms with E-state index in [-0.39, 0.29) is 29.1 Å². The van der Waals surface area contributed by atoms with Crippen molar-refractivity contribution in [2.24, 2.45) is 0 Å². The van der Waals surface area contributed by atoms with Gasteiger partial charge in [-0.25, -0.2) is 13.4 Å². The number of benzene rings is 2. The second-order valence-electron chi connectivity index (χ2n) is 8.78. The summed E-state index contributed by atoms with van der Waals surface area (Å²) < 4.78 is 34.5. The zero-order chi connectivity index (χ0) is 23.2. The monoisotopic (exact) mass is 485 g/mol. The fourth-order valence-corrected chi connectivity index (χ4v) is 7.42. The SMILES string of the molecule is C[C@@H]1CN(S(=O)(=O)c2ccc(C(=O)N3CCC[C@H]3c3nc4ccccc4s3)cc2)C[C@H](C)O1. The van der Waals surface area contributed by atoms with Crippen LogP contribution in [0.15, 0.2) is 53.4 Å². The van der Waals surface area contributed by atoms with Gasteiger partial charge in [-0.3, -0.25) is 4.79 Å². The van der Waals surface area contributed by atoms with Gasteiger partial charge in [0.15, 0.2) is 0 Å². The number of fused-ring (bicyclic) bond motifs is 1. The van der Waals surface area contributed by atoms with E-state index in [1.807, 2.05) is 43.0 Å². The number of nitrogens with zero attached hydrogens (tertiary/aromatic N) is 3. The van der Waals surface area contributed by atoms with Gasteiger partial charge < -0.3 is 9.64 Å². The molecule has 174 valence electrons. The lowest BCUT2D eigenvalue weighted by Crippen LogP contribution is -2.48. The molecule has 0 N–H and O–H groups in total. The Morgan fingerprint density at radius 1 is 1.06 bits per heavy atom. The topological polar surface area (TPSA) is 79.8 Å². The molecular formula is C24H27N3O4S2. The maximum absolute atomic E-state index is 13.3. The Labute approximate surface area is 198 Å². The molecule has 2 aromatic carbocycles. The Morgan fingerprint density at radius 3 is 2.45 bits per heavy atom. The van der Waals surface area contributed by atoms with Gasteiger partial charge in [0.25, 0.3) is 5.91 Å². The number of carbonyl (C=O) groups is 1. The number of likely N-dealkylation sites (tertiary alicyclic amines) is 1. The van der Waals surface area contributed by atoms with E-state index in [9.17, 15) is 13.2 Å². The maximum atomic E-state index is 13.3. The van der Waals surface area contributed by atoms with Crippen molar-refractivity contribution in [1.29, 1.82) is 0 Å². The van der Waals surface area contributed by atoms with Crippen LogP contribution < -0.4 is 0 Å². The molecule has 0 unspecified atom stereocenters. The number of hydrogen-bond acceptors (Lipinski definition) is 6. The van der Waals surface area contributed by atoms with Gasteiger partial charge in [0.05, 0.1) is 33.4 Å². The first-order valence-electron chi connectivity index (χ1n) is 11.2. The maximum Gasteiger partial charge on any atom is 0.254 e. The summed E-state index contributed by atoms with van der Waals surface area (Å²) in [5.74, 6) is -0.0886. The molecule has 2 fully saturated rings. The van der Waals surface area contributed by atoms with Gasteiger partial charge >= 0.3 is 0 Å². The third-order valence-corrected chi connectivity index (χ3v) is 9.22. The van der Waals surface area contributed by atoms with Gasteiger partial charge in [-0.05, 0) is 63.1 Å². The summed E-state index contributed by atoms with van der Waals surface area (Å²) in [6.07, 6.45) is 1.50. The molecule has 0 spiro atoms. The van der Waals surface area contributed by atoms with Gasteiger partial charge in [0.1, 0.15) is 5.01 Å². The molecule has 0 bridgehead atoms. The van der Waals surface area contributed by atoms with Gasteiger partial charge in [0, 0.05) is 25.2 Å². The predicted molar refractivity (Wildman–Crippen MR) is 128 cm³/mol. The average Bonchev–Trinajstić information content (AvgIpc) is 3.45. The molecule has 3 atom stereocenters. The van der Waals surface area contributed by atoms with E-state index in [4.69, 9.17) is 9.72 Å². The highest BCUT2D eigenvalue weighted by Crippen LogP contribution is 2.37. The van der Waals surface area contributed by atoms with Crippen molar-refractivity contribution in [3.8, 4) is 0 Å². The van der Waals surface area contributed by atoms with Crippen LogP contribution in [0.1, 0.15) is 48.1 Å². The minimum atomic E-state index is -3.64. The first kappa shape index (κ1) is 22.5. The molecule has 1 amide bonds. The molecule has 7 nitrogen and oxygen atoms in total. The molecule has 9 heteroatoms. The summed E-state index contributed by atoms with van der Waals surface area (Å²) in [5.41, 5.74) is 1.45. The summed E-state index contributed by atoms with van der Waals surface area (Å²) in [6, 6.07) is 14.3. The summed E-state index contributed by atoms with van der Waals surface area (Å²) in [6.45, 7) is 5.06. The minimum absolute atomic E-state index is 0.0466. The van der Waals surface area contributed by atoms with E-state index in [0.717, 1.165) is 28.1 Å².